The number of nitrogens with zero attached hydrogens (tertiary/aromatic N) is 1. The molecule has 0 radical (unpaired) electrons. The maximum Gasteiger partial charge on any atom is 0.326 e. The summed E-state index contributed by atoms with van der Waals surface area (Å²) in [6, 6.07) is -1.68. The normalized spacial score (nSPS) is 17.4. The highest BCUT2D eigenvalue weighted by Gasteiger charge is 2.24. The standard InChI is InChI=1S/C11H18N2O6/c14-9(15)3-2-8(10(16)17)12-11(18)13-4-1-6-19-7-5-13/h8H,1-7H2,(H,12,18)(H,14,15)(H,16,17). The van der Waals surface area contributed by atoms with Gasteiger partial charge in [-0.1, -0.05) is 0 Å². The molecule has 1 aliphatic heterocycles. The topological polar surface area (TPSA) is 116 Å². The molecule has 1 unspecified atom stereocenters. The van der Waals surface area contributed by atoms with Gasteiger partial charge in [-0.15, -0.1) is 0 Å². The summed E-state index contributed by atoms with van der Waals surface area (Å²) < 4.78 is 5.19. The fourth-order valence-electron chi connectivity index (χ4n) is 1.71. The Morgan fingerprint density at radius 1 is 1.21 bits per heavy atom. The van der Waals surface area contributed by atoms with Gasteiger partial charge < -0.3 is 25.2 Å². The number of nitrogens with one attached hydrogen (secondary N) is 1. The molecule has 1 rings (SSSR count). The molecule has 0 saturated carbocycles. The van der Waals surface area contributed by atoms with Crippen molar-refractivity contribution in [1.29, 1.82) is 0 Å². The Bertz CT molecular complexity index is 338. The van der Waals surface area contributed by atoms with E-state index in [9.17, 15) is 14.4 Å². The maximum absolute atomic E-state index is 11.9. The number of rotatable bonds is 5. The van der Waals surface area contributed by atoms with Gasteiger partial charge in [0.2, 0.25) is 0 Å². The summed E-state index contributed by atoms with van der Waals surface area (Å²) >= 11 is 0. The van der Waals surface area contributed by atoms with Crippen molar-refractivity contribution >= 4 is 18.0 Å². The zero-order valence-electron chi connectivity index (χ0n) is 10.5. The molecule has 1 fully saturated rings. The Morgan fingerprint density at radius 2 is 1.95 bits per heavy atom. The predicted molar refractivity (Wildman–Crippen MR) is 63.8 cm³/mol. The number of urea groups is 1. The van der Waals surface area contributed by atoms with Gasteiger partial charge in [0, 0.05) is 26.1 Å². The molecule has 8 nitrogen and oxygen atoms in total. The summed E-state index contributed by atoms with van der Waals surface area (Å²) in [4.78, 5) is 34.7. The fraction of sp³-hybridized carbons (Fsp3) is 0.727. The Kier molecular flexibility index (Phi) is 6.07. The minimum Gasteiger partial charge on any atom is -0.481 e. The highest BCUT2D eigenvalue weighted by molar-refractivity contribution is 5.83. The Morgan fingerprint density at radius 3 is 2.58 bits per heavy atom. The van der Waals surface area contributed by atoms with E-state index in [0.717, 1.165) is 0 Å². The first-order valence-electron chi connectivity index (χ1n) is 6.08. The van der Waals surface area contributed by atoms with Gasteiger partial charge >= 0.3 is 18.0 Å². The van der Waals surface area contributed by atoms with Crippen molar-refractivity contribution < 1.29 is 29.3 Å². The molecule has 0 aliphatic carbocycles. The lowest BCUT2D eigenvalue weighted by molar-refractivity contribution is -0.140. The van der Waals surface area contributed by atoms with Crippen LogP contribution in [0.25, 0.3) is 0 Å². The van der Waals surface area contributed by atoms with E-state index in [4.69, 9.17) is 14.9 Å². The quantitative estimate of drug-likeness (QED) is 0.636. The van der Waals surface area contributed by atoms with Crippen LogP contribution in [0.3, 0.4) is 0 Å². The summed E-state index contributed by atoms with van der Waals surface area (Å²) in [5.74, 6) is -2.33. The Hall–Kier alpha value is -1.83. The molecule has 0 aromatic rings. The molecule has 1 heterocycles. The molecule has 0 spiro atoms. The number of carboxylic acid groups (broad SMARTS) is 2. The summed E-state index contributed by atoms with van der Waals surface area (Å²) in [6.07, 6.45) is 0.251. The number of ether oxygens (including phenoxy) is 1. The van der Waals surface area contributed by atoms with Gasteiger partial charge in [0.1, 0.15) is 6.04 Å². The van der Waals surface area contributed by atoms with Crippen LogP contribution in [0.1, 0.15) is 19.3 Å². The Balaban J connectivity index is 2.49. The van der Waals surface area contributed by atoms with Crippen LogP contribution in [0.5, 0.6) is 0 Å². The van der Waals surface area contributed by atoms with Crippen molar-refractivity contribution in [3.05, 3.63) is 0 Å². The number of aliphatic carboxylic acids is 2. The third-order valence-electron chi connectivity index (χ3n) is 2.75. The first kappa shape index (κ1) is 15.2. The van der Waals surface area contributed by atoms with E-state index in [0.29, 0.717) is 32.7 Å². The van der Waals surface area contributed by atoms with E-state index in [1.54, 1.807) is 0 Å². The predicted octanol–water partition coefficient (Wildman–Crippen LogP) is -0.264. The SMILES string of the molecule is O=C(O)CCC(NC(=O)N1CCCOCC1)C(=O)O. The first-order chi connectivity index (χ1) is 9.00. The molecule has 108 valence electrons. The zero-order valence-corrected chi connectivity index (χ0v) is 10.5. The van der Waals surface area contributed by atoms with Crippen LogP contribution in [0.15, 0.2) is 0 Å². The Labute approximate surface area is 110 Å². The number of carboxylic acids is 2. The molecule has 3 N–H and O–H groups in total. The van der Waals surface area contributed by atoms with E-state index >= 15 is 0 Å². The lowest BCUT2D eigenvalue weighted by Gasteiger charge is -2.22. The van der Waals surface area contributed by atoms with Gasteiger partial charge in [0.15, 0.2) is 0 Å². The van der Waals surface area contributed by atoms with Gasteiger partial charge in [0.05, 0.1) is 6.61 Å². The molecule has 1 aliphatic rings. The van der Waals surface area contributed by atoms with E-state index in [1.807, 2.05) is 0 Å². The number of hydrogen-bond donors (Lipinski definition) is 3. The fourth-order valence-corrected chi connectivity index (χ4v) is 1.71. The van der Waals surface area contributed by atoms with Crippen LogP contribution in [0.2, 0.25) is 0 Å². The first-order valence-corrected chi connectivity index (χ1v) is 6.08. The summed E-state index contributed by atoms with van der Waals surface area (Å²) in [5.41, 5.74) is 0. The molecule has 0 aromatic carbocycles. The van der Waals surface area contributed by atoms with Gasteiger partial charge in [-0.25, -0.2) is 9.59 Å². The molecule has 1 saturated heterocycles. The number of hydrogen-bond acceptors (Lipinski definition) is 4. The van der Waals surface area contributed by atoms with Crippen LogP contribution in [-0.4, -0.2) is 65.4 Å². The molecule has 0 aromatic heterocycles. The second kappa shape index (κ2) is 7.57. The zero-order chi connectivity index (χ0) is 14.3. The second-order valence-electron chi connectivity index (χ2n) is 4.23. The molecule has 2 amide bonds. The lowest BCUT2D eigenvalue weighted by atomic mass is 10.1. The van der Waals surface area contributed by atoms with Crippen molar-refractivity contribution in [2.45, 2.75) is 25.3 Å². The largest absolute Gasteiger partial charge is 0.481 e. The summed E-state index contributed by atoms with van der Waals surface area (Å²) in [6.45, 7) is 1.89. The van der Waals surface area contributed by atoms with Gasteiger partial charge in [-0.2, -0.15) is 0 Å². The van der Waals surface area contributed by atoms with Gasteiger partial charge in [-0.3, -0.25) is 4.79 Å². The van der Waals surface area contributed by atoms with Crippen LogP contribution < -0.4 is 5.32 Å². The average molecular weight is 274 g/mol. The molecule has 19 heavy (non-hydrogen) atoms. The lowest BCUT2D eigenvalue weighted by Crippen LogP contribution is -2.48. The minimum absolute atomic E-state index is 0.138. The average Bonchev–Trinajstić information content (AvgIpc) is 2.62. The number of amides is 2. The molecular weight excluding hydrogens is 256 g/mol. The van der Waals surface area contributed by atoms with Crippen molar-refractivity contribution in [3.8, 4) is 0 Å². The minimum atomic E-state index is -1.24. The third-order valence-corrected chi connectivity index (χ3v) is 2.75. The van der Waals surface area contributed by atoms with E-state index in [1.165, 1.54) is 4.90 Å². The van der Waals surface area contributed by atoms with Crippen molar-refractivity contribution in [1.82, 2.24) is 10.2 Å². The molecular formula is C11H18N2O6. The highest BCUT2D eigenvalue weighted by Crippen LogP contribution is 2.03. The van der Waals surface area contributed by atoms with Gasteiger partial charge in [-0.05, 0) is 12.8 Å². The molecule has 8 heteroatoms. The third kappa shape index (κ3) is 5.56. The second-order valence-corrected chi connectivity index (χ2v) is 4.23. The number of carbonyl (C=O) groups excluding carboxylic acids is 1. The van der Waals surface area contributed by atoms with Crippen molar-refractivity contribution in [2.75, 3.05) is 26.3 Å². The van der Waals surface area contributed by atoms with E-state index in [2.05, 4.69) is 5.32 Å². The van der Waals surface area contributed by atoms with Crippen molar-refractivity contribution in [3.63, 3.8) is 0 Å². The maximum atomic E-state index is 11.9. The van der Waals surface area contributed by atoms with Crippen LogP contribution in [0, 0.1) is 0 Å². The smallest absolute Gasteiger partial charge is 0.326 e. The highest BCUT2D eigenvalue weighted by atomic mass is 16.5. The number of carbonyl (C=O) groups is 3. The van der Waals surface area contributed by atoms with Crippen LogP contribution >= 0.6 is 0 Å². The van der Waals surface area contributed by atoms with Crippen molar-refractivity contribution in [2.24, 2.45) is 0 Å². The van der Waals surface area contributed by atoms with E-state index in [-0.39, 0.29) is 12.8 Å². The monoisotopic (exact) mass is 274 g/mol. The van der Waals surface area contributed by atoms with Gasteiger partial charge in [0.25, 0.3) is 0 Å². The van der Waals surface area contributed by atoms with E-state index < -0.39 is 24.0 Å². The molecule has 1 atom stereocenters. The molecule has 0 bridgehead atoms. The summed E-state index contributed by atoms with van der Waals surface area (Å²) in [7, 11) is 0. The van der Waals surface area contributed by atoms with Crippen LogP contribution in [-0.2, 0) is 14.3 Å². The van der Waals surface area contributed by atoms with Crippen LogP contribution in [0.4, 0.5) is 4.79 Å². The summed E-state index contributed by atoms with van der Waals surface area (Å²) in [5, 5.41) is 19.8.